The standard InChI is InChI=1S/C20H36O4/c1-17(13-9-5-3-7-11-15-19(21)22)18(2)14-10-6-4-8-12-16-20(23)24/h3-16H2,1-2H3,(H,21,22)(H,23,24). The first kappa shape index (κ1) is 22.7. The molecule has 0 unspecified atom stereocenters. The van der Waals surface area contributed by atoms with E-state index in [1.807, 2.05) is 0 Å². The monoisotopic (exact) mass is 340 g/mol. The highest BCUT2D eigenvalue weighted by Crippen LogP contribution is 2.19. The van der Waals surface area contributed by atoms with E-state index in [4.69, 9.17) is 10.2 Å². The third kappa shape index (κ3) is 15.6. The van der Waals surface area contributed by atoms with Gasteiger partial charge >= 0.3 is 11.9 Å². The molecule has 24 heavy (non-hydrogen) atoms. The molecule has 0 fully saturated rings. The van der Waals surface area contributed by atoms with E-state index < -0.39 is 11.9 Å². The molecule has 0 aliphatic carbocycles. The summed E-state index contributed by atoms with van der Waals surface area (Å²) in [5.74, 6) is -1.38. The van der Waals surface area contributed by atoms with Crippen molar-refractivity contribution < 1.29 is 19.8 Å². The second-order valence-corrected chi connectivity index (χ2v) is 6.88. The Morgan fingerprint density at radius 2 is 0.750 bits per heavy atom. The molecule has 0 saturated carbocycles. The maximum Gasteiger partial charge on any atom is 0.303 e. The topological polar surface area (TPSA) is 74.6 Å². The summed E-state index contributed by atoms with van der Waals surface area (Å²) in [4.78, 5) is 20.8. The lowest BCUT2D eigenvalue weighted by atomic mass is 9.98. The predicted molar refractivity (Wildman–Crippen MR) is 98.3 cm³/mol. The lowest BCUT2D eigenvalue weighted by molar-refractivity contribution is -0.138. The molecule has 0 aliphatic rings. The summed E-state index contributed by atoms with van der Waals surface area (Å²) in [7, 11) is 0. The van der Waals surface area contributed by atoms with Crippen LogP contribution < -0.4 is 0 Å². The molecule has 0 amide bonds. The van der Waals surface area contributed by atoms with Gasteiger partial charge in [0.05, 0.1) is 0 Å². The first-order valence-corrected chi connectivity index (χ1v) is 9.52. The fourth-order valence-electron chi connectivity index (χ4n) is 2.82. The molecule has 0 heterocycles. The minimum atomic E-state index is -0.689. The van der Waals surface area contributed by atoms with Crippen molar-refractivity contribution in [2.24, 2.45) is 0 Å². The zero-order valence-electron chi connectivity index (χ0n) is 15.6. The largest absolute Gasteiger partial charge is 0.481 e. The Morgan fingerprint density at radius 3 is 1.04 bits per heavy atom. The molecule has 0 aromatic rings. The normalized spacial score (nSPS) is 12.1. The van der Waals surface area contributed by atoms with E-state index in [1.54, 1.807) is 0 Å². The Kier molecular flexibility index (Phi) is 14.4. The van der Waals surface area contributed by atoms with Crippen molar-refractivity contribution in [2.45, 2.75) is 104 Å². The number of carboxylic acid groups (broad SMARTS) is 2. The number of carboxylic acids is 2. The van der Waals surface area contributed by atoms with E-state index in [9.17, 15) is 9.59 Å². The van der Waals surface area contributed by atoms with Gasteiger partial charge in [-0.1, -0.05) is 49.7 Å². The molecular weight excluding hydrogens is 304 g/mol. The molecule has 140 valence electrons. The Balaban J connectivity index is 3.55. The van der Waals surface area contributed by atoms with Crippen molar-refractivity contribution in [1.29, 1.82) is 0 Å². The van der Waals surface area contributed by atoms with E-state index in [2.05, 4.69) is 13.8 Å². The Bertz CT molecular complexity index is 349. The van der Waals surface area contributed by atoms with Gasteiger partial charge in [0, 0.05) is 12.8 Å². The van der Waals surface area contributed by atoms with Gasteiger partial charge in [-0.2, -0.15) is 0 Å². The summed E-state index contributed by atoms with van der Waals surface area (Å²) < 4.78 is 0. The van der Waals surface area contributed by atoms with Crippen LogP contribution in [0.15, 0.2) is 11.1 Å². The second-order valence-electron chi connectivity index (χ2n) is 6.88. The molecular formula is C20H36O4. The smallest absolute Gasteiger partial charge is 0.303 e. The molecule has 0 rings (SSSR count). The lowest BCUT2D eigenvalue weighted by Gasteiger charge is -2.08. The molecule has 0 saturated heterocycles. The zero-order chi connectivity index (χ0) is 18.2. The molecule has 0 aromatic heterocycles. The minimum absolute atomic E-state index is 0.300. The van der Waals surface area contributed by atoms with Crippen LogP contribution in [-0.2, 0) is 9.59 Å². The van der Waals surface area contributed by atoms with Crippen LogP contribution >= 0.6 is 0 Å². The van der Waals surface area contributed by atoms with Crippen LogP contribution in [0.5, 0.6) is 0 Å². The molecule has 0 atom stereocenters. The second kappa shape index (κ2) is 15.2. The minimum Gasteiger partial charge on any atom is -0.481 e. The van der Waals surface area contributed by atoms with E-state index >= 15 is 0 Å². The number of carbonyl (C=O) groups is 2. The summed E-state index contributed by atoms with van der Waals surface area (Å²) in [5, 5.41) is 17.1. The fourth-order valence-corrected chi connectivity index (χ4v) is 2.82. The molecule has 2 N–H and O–H groups in total. The first-order valence-electron chi connectivity index (χ1n) is 9.52. The van der Waals surface area contributed by atoms with Gasteiger partial charge in [-0.25, -0.2) is 0 Å². The lowest BCUT2D eigenvalue weighted by Crippen LogP contribution is -1.94. The van der Waals surface area contributed by atoms with E-state index in [0.717, 1.165) is 51.4 Å². The molecule has 0 aromatic carbocycles. The average molecular weight is 341 g/mol. The van der Waals surface area contributed by atoms with Crippen LogP contribution in [-0.4, -0.2) is 22.2 Å². The van der Waals surface area contributed by atoms with Gasteiger partial charge in [-0.3, -0.25) is 9.59 Å². The van der Waals surface area contributed by atoms with Crippen LogP contribution in [0.25, 0.3) is 0 Å². The number of rotatable bonds is 16. The maximum absolute atomic E-state index is 10.4. The fraction of sp³-hybridized carbons (Fsp3) is 0.800. The summed E-state index contributed by atoms with van der Waals surface area (Å²) in [6.45, 7) is 4.46. The molecule has 0 aliphatic heterocycles. The zero-order valence-corrected chi connectivity index (χ0v) is 15.6. The van der Waals surface area contributed by atoms with Crippen molar-refractivity contribution in [3.63, 3.8) is 0 Å². The first-order chi connectivity index (χ1) is 11.4. The highest BCUT2D eigenvalue weighted by molar-refractivity contribution is 5.66. The third-order valence-electron chi connectivity index (χ3n) is 4.61. The van der Waals surface area contributed by atoms with Crippen molar-refractivity contribution in [1.82, 2.24) is 0 Å². The maximum atomic E-state index is 10.4. The number of hydrogen-bond acceptors (Lipinski definition) is 2. The van der Waals surface area contributed by atoms with E-state index in [0.29, 0.717) is 12.8 Å². The Morgan fingerprint density at radius 1 is 0.500 bits per heavy atom. The summed E-state index contributed by atoms with van der Waals surface area (Å²) in [6.07, 6.45) is 13.6. The summed E-state index contributed by atoms with van der Waals surface area (Å²) >= 11 is 0. The van der Waals surface area contributed by atoms with Gasteiger partial charge in [-0.05, 0) is 52.4 Å². The van der Waals surface area contributed by atoms with Crippen molar-refractivity contribution in [3.8, 4) is 0 Å². The van der Waals surface area contributed by atoms with Crippen LogP contribution in [0.1, 0.15) is 104 Å². The van der Waals surface area contributed by atoms with Crippen LogP contribution in [0.4, 0.5) is 0 Å². The SMILES string of the molecule is CC(CCCCCCCC(=O)O)=C(C)CCCCCCCC(=O)O. The highest BCUT2D eigenvalue weighted by atomic mass is 16.4. The Labute approximate surface area is 147 Å². The molecule has 4 heteroatoms. The average Bonchev–Trinajstić information content (AvgIpc) is 2.51. The highest BCUT2D eigenvalue weighted by Gasteiger charge is 2.01. The number of hydrogen-bond donors (Lipinski definition) is 2. The number of allylic oxidation sites excluding steroid dienone is 2. The van der Waals surface area contributed by atoms with Gasteiger partial charge in [0.2, 0.25) is 0 Å². The molecule has 0 spiro atoms. The van der Waals surface area contributed by atoms with Gasteiger partial charge < -0.3 is 10.2 Å². The third-order valence-corrected chi connectivity index (χ3v) is 4.61. The van der Waals surface area contributed by atoms with E-state index in [-0.39, 0.29) is 0 Å². The predicted octanol–water partition coefficient (Wildman–Crippen LogP) is 5.95. The van der Waals surface area contributed by atoms with Crippen molar-refractivity contribution in [2.75, 3.05) is 0 Å². The number of unbranched alkanes of at least 4 members (excludes halogenated alkanes) is 8. The van der Waals surface area contributed by atoms with Crippen LogP contribution in [0.2, 0.25) is 0 Å². The summed E-state index contributed by atoms with van der Waals surface area (Å²) in [5.41, 5.74) is 3.01. The van der Waals surface area contributed by atoms with Crippen molar-refractivity contribution >= 4 is 11.9 Å². The van der Waals surface area contributed by atoms with Gasteiger partial charge in [0.15, 0.2) is 0 Å². The molecule has 0 bridgehead atoms. The van der Waals surface area contributed by atoms with Gasteiger partial charge in [0.1, 0.15) is 0 Å². The van der Waals surface area contributed by atoms with Crippen LogP contribution in [0, 0.1) is 0 Å². The van der Waals surface area contributed by atoms with E-state index in [1.165, 1.54) is 36.8 Å². The van der Waals surface area contributed by atoms with Crippen LogP contribution in [0.3, 0.4) is 0 Å². The summed E-state index contributed by atoms with van der Waals surface area (Å²) in [6, 6.07) is 0. The molecule has 0 radical (unpaired) electrons. The quantitative estimate of drug-likeness (QED) is 0.269. The number of aliphatic carboxylic acids is 2. The van der Waals surface area contributed by atoms with Gasteiger partial charge in [-0.15, -0.1) is 0 Å². The van der Waals surface area contributed by atoms with Crippen molar-refractivity contribution in [3.05, 3.63) is 11.1 Å². The molecule has 4 nitrogen and oxygen atoms in total. The Hall–Kier alpha value is -1.32. The van der Waals surface area contributed by atoms with Gasteiger partial charge in [0.25, 0.3) is 0 Å².